The molecule has 3 aromatic heterocycles. The Kier molecular flexibility index (Phi) is 5.29. The van der Waals surface area contributed by atoms with Crippen molar-refractivity contribution in [2.75, 3.05) is 20.2 Å². The fourth-order valence-electron chi connectivity index (χ4n) is 4.44. The number of methoxy groups -OCH3 is 1. The number of hydrogen-bond donors (Lipinski definition) is 0. The topological polar surface area (TPSA) is 61.0 Å². The molecule has 2 unspecified atom stereocenters. The summed E-state index contributed by atoms with van der Waals surface area (Å²) >= 11 is 1.69. The quantitative estimate of drug-likeness (QED) is 0.478. The zero-order chi connectivity index (χ0) is 21.5. The van der Waals surface area contributed by atoms with E-state index in [9.17, 15) is 4.79 Å². The lowest BCUT2D eigenvalue weighted by molar-refractivity contribution is -0.0702. The average molecular weight is 439 g/mol. The van der Waals surface area contributed by atoms with E-state index in [4.69, 9.17) is 9.47 Å². The van der Waals surface area contributed by atoms with Crippen molar-refractivity contribution in [2.45, 2.75) is 39.1 Å². The van der Waals surface area contributed by atoms with Crippen molar-refractivity contribution in [2.24, 2.45) is 0 Å². The van der Waals surface area contributed by atoms with Crippen LogP contribution in [-0.2, 0) is 17.8 Å². The van der Waals surface area contributed by atoms with Gasteiger partial charge in [0.2, 0.25) is 0 Å². The zero-order valence-corrected chi connectivity index (χ0v) is 18.8. The number of benzene rings is 1. The molecular weight excluding hydrogens is 412 g/mol. The molecule has 162 valence electrons. The third-order valence-corrected chi connectivity index (χ3v) is 6.86. The molecule has 1 aliphatic rings. The normalized spacial score (nSPS) is 20.0. The fourth-order valence-corrected chi connectivity index (χ4v) is 5.64. The summed E-state index contributed by atoms with van der Waals surface area (Å²) in [6, 6.07) is 12.0. The number of morpholine rings is 1. The Morgan fingerprint density at radius 2 is 1.87 bits per heavy atom. The minimum atomic E-state index is -0.120. The lowest BCUT2D eigenvalue weighted by Gasteiger charge is -2.34. The standard InChI is InChI=1S/C23H26N4O3S/c1-15-11-25(12-16(2)30-15)14-19-10-20-21-8-9-24-27(21)23(28)26(22(20)31-19)13-17-4-6-18(29-3)7-5-17/h4-10,15-16H,11-14H2,1-3H3. The number of hydrogen-bond acceptors (Lipinski definition) is 6. The van der Waals surface area contributed by atoms with Crippen LogP contribution in [0.15, 0.2) is 47.4 Å². The molecule has 5 rings (SSSR count). The van der Waals surface area contributed by atoms with Crippen molar-refractivity contribution in [3.8, 4) is 5.75 Å². The SMILES string of the molecule is COc1ccc(Cn2c(=O)n3nccc3c3cc(CN4CC(C)OC(C)C4)sc32)cc1. The Labute approximate surface area is 184 Å². The average Bonchev–Trinajstić information content (AvgIpc) is 3.38. The lowest BCUT2D eigenvalue weighted by Crippen LogP contribution is -2.44. The summed E-state index contributed by atoms with van der Waals surface area (Å²) in [6.07, 6.45) is 2.15. The van der Waals surface area contributed by atoms with Crippen LogP contribution < -0.4 is 10.4 Å². The first-order chi connectivity index (χ1) is 15.0. The zero-order valence-electron chi connectivity index (χ0n) is 17.9. The van der Waals surface area contributed by atoms with Gasteiger partial charge in [-0.05, 0) is 43.7 Å². The predicted molar refractivity (Wildman–Crippen MR) is 122 cm³/mol. The van der Waals surface area contributed by atoms with E-state index < -0.39 is 0 Å². The van der Waals surface area contributed by atoms with Gasteiger partial charge in [-0.15, -0.1) is 11.3 Å². The van der Waals surface area contributed by atoms with Crippen molar-refractivity contribution >= 4 is 27.1 Å². The van der Waals surface area contributed by atoms with Crippen molar-refractivity contribution in [1.29, 1.82) is 0 Å². The van der Waals surface area contributed by atoms with E-state index >= 15 is 0 Å². The molecule has 0 aliphatic carbocycles. The van der Waals surface area contributed by atoms with E-state index in [1.165, 1.54) is 9.39 Å². The Hall–Kier alpha value is -2.68. The molecule has 31 heavy (non-hydrogen) atoms. The summed E-state index contributed by atoms with van der Waals surface area (Å²) in [7, 11) is 1.65. The van der Waals surface area contributed by atoms with E-state index in [1.807, 2.05) is 34.9 Å². The first-order valence-electron chi connectivity index (χ1n) is 10.5. The molecule has 0 bridgehead atoms. The maximum Gasteiger partial charge on any atom is 0.350 e. The molecule has 0 saturated carbocycles. The molecule has 1 aromatic carbocycles. The molecule has 8 heteroatoms. The van der Waals surface area contributed by atoms with Crippen LogP contribution in [-0.4, -0.2) is 51.5 Å². The molecular formula is C23H26N4O3S. The molecule has 1 saturated heterocycles. The predicted octanol–water partition coefficient (Wildman–Crippen LogP) is 3.38. The van der Waals surface area contributed by atoms with Gasteiger partial charge in [0.05, 0.1) is 37.6 Å². The van der Waals surface area contributed by atoms with Gasteiger partial charge in [0, 0.05) is 29.9 Å². The number of thiophene rings is 1. The lowest BCUT2D eigenvalue weighted by atomic mass is 10.2. The first-order valence-corrected chi connectivity index (χ1v) is 11.3. The Morgan fingerprint density at radius 1 is 1.13 bits per heavy atom. The first kappa shape index (κ1) is 20.2. The van der Waals surface area contributed by atoms with Gasteiger partial charge in [0.1, 0.15) is 10.6 Å². The third-order valence-electron chi connectivity index (χ3n) is 5.71. The minimum absolute atomic E-state index is 0.120. The monoisotopic (exact) mass is 438 g/mol. The van der Waals surface area contributed by atoms with Gasteiger partial charge >= 0.3 is 5.69 Å². The van der Waals surface area contributed by atoms with Crippen LogP contribution in [0.4, 0.5) is 0 Å². The van der Waals surface area contributed by atoms with Gasteiger partial charge in [0.15, 0.2) is 0 Å². The second kappa shape index (κ2) is 8.11. The highest BCUT2D eigenvalue weighted by Gasteiger charge is 2.23. The summed E-state index contributed by atoms with van der Waals surface area (Å²) in [5, 5.41) is 5.35. The van der Waals surface area contributed by atoms with Gasteiger partial charge in [-0.25, -0.2) is 4.79 Å². The number of rotatable bonds is 5. The highest BCUT2D eigenvalue weighted by atomic mass is 32.1. The van der Waals surface area contributed by atoms with E-state index in [0.717, 1.165) is 46.7 Å². The van der Waals surface area contributed by atoms with Crippen LogP contribution in [0.1, 0.15) is 24.3 Å². The van der Waals surface area contributed by atoms with Gasteiger partial charge in [-0.1, -0.05) is 12.1 Å². The summed E-state index contributed by atoms with van der Waals surface area (Å²) in [5.41, 5.74) is 1.78. The van der Waals surface area contributed by atoms with Gasteiger partial charge in [0.25, 0.3) is 0 Å². The van der Waals surface area contributed by atoms with Crippen LogP contribution >= 0.6 is 11.3 Å². The second-order valence-corrected chi connectivity index (χ2v) is 9.34. The Balaban J connectivity index is 1.55. The van der Waals surface area contributed by atoms with Gasteiger partial charge < -0.3 is 9.47 Å². The van der Waals surface area contributed by atoms with E-state index in [-0.39, 0.29) is 17.9 Å². The molecule has 0 amide bonds. The molecule has 0 N–H and O–H groups in total. The molecule has 7 nitrogen and oxygen atoms in total. The van der Waals surface area contributed by atoms with Crippen LogP contribution in [0.3, 0.4) is 0 Å². The number of fused-ring (bicyclic) bond motifs is 3. The largest absolute Gasteiger partial charge is 0.497 e. The van der Waals surface area contributed by atoms with Gasteiger partial charge in [-0.2, -0.15) is 9.61 Å². The summed E-state index contributed by atoms with van der Waals surface area (Å²) in [6.45, 7) is 7.42. The van der Waals surface area contributed by atoms with Crippen LogP contribution in [0.2, 0.25) is 0 Å². The van der Waals surface area contributed by atoms with E-state index in [1.54, 1.807) is 24.6 Å². The maximum absolute atomic E-state index is 13.2. The molecule has 0 spiro atoms. The molecule has 1 fully saturated rings. The van der Waals surface area contributed by atoms with Crippen molar-refractivity contribution in [1.82, 2.24) is 19.1 Å². The molecule has 0 radical (unpaired) electrons. The van der Waals surface area contributed by atoms with Crippen molar-refractivity contribution in [3.05, 3.63) is 63.5 Å². The van der Waals surface area contributed by atoms with E-state index in [0.29, 0.717) is 6.54 Å². The van der Waals surface area contributed by atoms with Crippen molar-refractivity contribution < 1.29 is 9.47 Å². The summed E-state index contributed by atoms with van der Waals surface area (Å²) < 4.78 is 14.5. The molecule has 1 aliphatic heterocycles. The molecule has 4 heterocycles. The highest BCUT2D eigenvalue weighted by Crippen LogP contribution is 2.30. The maximum atomic E-state index is 13.2. The smallest absolute Gasteiger partial charge is 0.350 e. The number of ether oxygens (including phenoxy) is 2. The van der Waals surface area contributed by atoms with Crippen LogP contribution in [0.5, 0.6) is 5.75 Å². The van der Waals surface area contributed by atoms with Crippen LogP contribution in [0.25, 0.3) is 15.7 Å². The number of nitrogens with zero attached hydrogens (tertiary/aromatic N) is 4. The third kappa shape index (κ3) is 3.86. The van der Waals surface area contributed by atoms with Gasteiger partial charge in [-0.3, -0.25) is 9.47 Å². The Morgan fingerprint density at radius 3 is 2.58 bits per heavy atom. The molecule has 4 aromatic rings. The Bertz CT molecular complexity index is 1260. The van der Waals surface area contributed by atoms with Crippen molar-refractivity contribution in [3.63, 3.8) is 0 Å². The highest BCUT2D eigenvalue weighted by molar-refractivity contribution is 7.18. The summed E-state index contributed by atoms with van der Waals surface area (Å²) in [4.78, 5) is 17.9. The second-order valence-electron chi connectivity index (χ2n) is 8.23. The fraction of sp³-hybridized carbons (Fsp3) is 0.391. The summed E-state index contributed by atoms with van der Waals surface area (Å²) in [5.74, 6) is 0.802. The van der Waals surface area contributed by atoms with E-state index in [2.05, 4.69) is 29.9 Å². The molecule has 2 atom stereocenters. The minimum Gasteiger partial charge on any atom is -0.497 e. The van der Waals surface area contributed by atoms with Crippen LogP contribution in [0, 0.1) is 0 Å². The number of aromatic nitrogens is 3.